The lowest BCUT2D eigenvalue weighted by Gasteiger charge is -2.35. The van der Waals surface area contributed by atoms with Gasteiger partial charge in [0.15, 0.2) is 0 Å². The fraction of sp³-hybridized carbons (Fsp3) is 0.923. The van der Waals surface area contributed by atoms with Crippen LogP contribution in [0.15, 0.2) is 0 Å². The van der Waals surface area contributed by atoms with Gasteiger partial charge in [-0.1, -0.05) is 33.6 Å². The smallest absolute Gasteiger partial charge is 0.226 e. The quantitative estimate of drug-likeness (QED) is 0.755. The molecule has 0 heterocycles. The maximum atomic E-state index is 12.3. The van der Waals surface area contributed by atoms with Gasteiger partial charge in [-0.05, 0) is 25.7 Å². The summed E-state index contributed by atoms with van der Waals surface area (Å²) in [7, 11) is 0. The Morgan fingerprint density at radius 3 is 2.19 bits per heavy atom. The summed E-state index contributed by atoms with van der Waals surface area (Å²) in [5.41, 5.74) is 5.46. The SMILES string of the molecule is CCC(CC)(CN)NC(=O)C1(C)CCCC1. The number of nitrogens with one attached hydrogen (secondary N) is 1. The van der Waals surface area contributed by atoms with Crippen LogP contribution < -0.4 is 11.1 Å². The molecule has 0 saturated heterocycles. The van der Waals surface area contributed by atoms with E-state index in [9.17, 15) is 4.79 Å². The number of hydrogen-bond donors (Lipinski definition) is 2. The topological polar surface area (TPSA) is 55.1 Å². The van der Waals surface area contributed by atoms with Crippen molar-refractivity contribution in [2.24, 2.45) is 11.1 Å². The molecule has 16 heavy (non-hydrogen) atoms. The standard InChI is InChI=1S/C13H26N2O/c1-4-13(5-2,10-14)15-11(16)12(3)8-6-7-9-12/h4-10,14H2,1-3H3,(H,15,16). The number of rotatable bonds is 5. The van der Waals surface area contributed by atoms with Crippen LogP contribution in [-0.4, -0.2) is 18.0 Å². The summed E-state index contributed by atoms with van der Waals surface area (Å²) in [6, 6.07) is 0. The maximum Gasteiger partial charge on any atom is 0.226 e. The lowest BCUT2D eigenvalue weighted by atomic mass is 9.85. The zero-order valence-electron chi connectivity index (χ0n) is 10.9. The third kappa shape index (κ3) is 2.57. The average molecular weight is 226 g/mol. The monoisotopic (exact) mass is 226 g/mol. The highest BCUT2D eigenvalue weighted by molar-refractivity contribution is 5.83. The largest absolute Gasteiger partial charge is 0.349 e. The lowest BCUT2D eigenvalue weighted by molar-refractivity contribution is -0.132. The van der Waals surface area contributed by atoms with Crippen molar-refractivity contribution >= 4 is 5.91 Å². The van der Waals surface area contributed by atoms with Gasteiger partial charge in [-0.15, -0.1) is 0 Å². The number of nitrogens with two attached hydrogens (primary N) is 1. The number of hydrogen-bond acceptors (Lipinski definition) is 2. The van der Waals surface area contributed by atoms with Crippen molar-refractivity contribution in [2.45, 2.75) is 64.8 Å². The molecule has 0 atom stereocenters. The third-order valence-corrected chi connectivity index (χ3v) is 4.38. The molecule has 0 aromatic rings. The molecule has 0 aromatic heterocycles. The molecule has 1 rings (SSSR count). The Morgan fingerprint density at radius 1 is 1.31 bits per heavy atom. The summed E-state index contributed by atoms with van der Waals surface area (Å²) in [6.45, 7) is 6.80. The molecule has 0 aliphatic heterocycles. The minimum absolute atomic E-state index is 0.148. The van der Waals surface area contributed by atoms with E-state index in [1.54, 1.807) is 0 Å². The van der Waals surface area contributed by atoms with Crippen molar-refractivity contribution in [2.75, 3.05) is 6.54 Å². The van der Waals surface area contributed by atoms with Crippen LogP contribution in [-0.2, 0) is 4.79 Å². The number of carbonyl (C=O) groups excluding carboxylic acids is 1. The van der Waals surface area contributed by atoms with Gasteiger partial charge in [-0.2, -0.15) is 0 Å². The van der Waals surface area contributed by atoms with Crippen LogP contribution in [0, 0.1) is 5.41 Å². The first-order valence-electron chi connectivity index (χ1n) is 6.54. The lowest BCUT2D eigenvalue weighted by Crippen LogP contribution is -2.56. The Bertz CT molecular complexity index is 232. The average Bonchev–Trinajstić information content (AvgIpc) is 2.74. The van der Waals surface area contributed by atoms with Gasteiger partial charge in [0.25, 0.3) is 0 Å². The third-order valence-electron chi connectivity index (χ3n) is 4.38. The van der Waals surface area contributed by atoms with Crippen LogP contribution in [0.3, 0.4) is 0 Å². The van der Waals surface area contributed by atoms with E-state index in [4.69, 9.17) is 5.73 Å². The van der Waals surface area contributed by atoms with Crippen molar-refractivity contribution < 1.29 is 4.79 Å². The van der Waals surface area contributed by atoms with Gasteiger partial charge in [-0.25, -0.2) is 0 Å². The van der Waals surface area contributed by atoms with Crippen LogP contribution >= 0.6 is 0 Å². The molecule has 0 radical (unpaired) electrons. The van der Waals surface area contributed by atoms with Crippen LogP contribution in [0.4, 0.5) is 0 Å². The summed E-state index contributed by atoms with van der Waals surface area (Å²) >= 11 is 0. The minimum Gasteiger partial charge on any atom is -0.349 e. The van der Waals surface area contributed by atoms with E-state index < -0.39 is 0 Å². The molecule has 1 aliphatic rings. The van der Waals surface area contributed by atoms with E-state index in [2.05, 4.69) is 26.1 Å². The van der Waals surface area contributed by atoms with Gasteiger partial charge in [0.05, 0.1) is 5.54 Å². The van der Waals surface area contributed by atoms with Gasteiger partial charge in [0.1, 0.15) is 0 Å². The molecule has 1 saturated carbocycles. The first-order valence-corrected chi connectivity index (χ1v) is 6.54. The second-order valence-corrected chi connectivity index (χ2v) is 5.41. The Kier molecular flexibility index (Phi) is 4.36. The molecule has 1 aliphatic carbocycles. The zero-order valence-corrected chi connectivity index (χ0v) is 10.9. The Hall–Kier alpha value is -0.570. The summed E-state index contributed by atoms with van der Waals surface area (Å²) in [5, 5.41) is 3.20. The summed E-state index contributed by atoms with van der Waals surface area (Å²) in [4.78, 5) is 12.3. The fourth-order valence-electron chi connectivity index (χ4n) is 2.54. The number of amides is 1. The van der Waals surface area contributed by atoms with Crippen molar-refractivity contribution in [3.8, 4) is 0 Å². The predicted molar refractivity (Wildman–Crippen MR) is 67.1 cm³/mol. The summed E-state index contributed by atoms with van der Waals surface area (Å²) in [5.74, 6) is 0.208. The van der Waals surface area contributed by atoms with Gasteiger partial charge < -0.3 is 11.1 Å². The normalized spacial score (nSPS) is 19.8. The van der Waals surface area contributed by atoms with Gasteiger partial charge >= 0.3 is 0 Å². The highest BCUT2D eigenvalue weighted by Gasteiger charge is 2.39. The second kappa shape index (κ2) is 5.17. The highest BCUT2D eigenvalue weighted by Crippen LogP contribution is 2.38. The van der Waals surface area contributed by atoms with Gasteiger partial charge in [-0.3, -0.25) is 4.79 Å². The van der Waals surface area contributed by atoms with Crippen LogP contribution in [0.25, 0.3) is 0 Å². The fourth-order valence-corrected chi connectivity index (χ4v) is 2.54. The number of carbonyl (C=O) groups is 1. The van der Waals surface area contributed by atoms with E-state index in [0.29, 0.717) is 6.54 Å². The second-order valence-electron chi connectivity index (χ2n) is 5.41. The van der Waals surface area contributed by atoms with E-state index in [0.717, 1.165) is 25.7 Å². The van der Waals surface area contributed by atoms with E-state index in [1.165, 1.54) is 12.8 Å². The first kappa shape index (κ1) is 13.5. The highest BCUT2D eigenvalue weighted by atomic mass is 16.2. The maximum absolute atomic E-state index is 12.3. The molecule has 1 amide bonds. The molecule has 0 spiro atoms. The van der Waals surface area contributed by atoms with E-state index >= 15 is 0 Å². The molecule has 3 N–H and O–H groups in total. The van der Waals surface area contributed by atoms with Crippen LogP contribution in [0.1, 0.15) is 59.3 Å². The van der Waals surface area contributed by atoms with Gasteiger partial charge in [0, 0.05) is 12.0 Å². The zero-order chi connectivity index (χ0) is 12.2. The Balaban J connectivity index is 2.68. The molecule has 1 fully saturated rings. The first-order chi connectivity index (χ1) is 7.52. The molecule has 3 heteroatoms. The predicted octanol–water partition coefficient (Wildman–Crippen LogP) is 2.20. The Morgan fingerprint density at radius 2 is 1.81 bits per heavy atom. The van der Waals surface area contributed by atoms with E-state index in [-0.39, 0.29) is 16.9 Å². The molecule has 3 nitrogen and oxygen atoms in total. The molecular formula is C13H26N2O. The van der Waals surface area contributed by atoms with Gasteiger partial charge in [0.2, 0.25) is 5.91 Å². The van der Waals surface area contributed by atoms with Crippen molar-refractivity contribution in [3.63, 3.8) is 0 Å². The molecule has 0 aromatic carbocycles. The van der Waals surface area contributed by atoms with E-state index in [1.807, 2.05) is 0 Å². The molecular weight excluding hydrogens is 200 g/mol. The minimum atomic E-state index is -0.192. The summed E-state index contributed by atoms with van der Waals surface area (Å²) in [6.07, 6.45) is 6.21. The Labute approximate surface area is 99.2 Å². The molecule has 94 valence electrons. The van der Waals surface area contributed by atoms with Crippen molar-refractivity contribution in [1.82, 2.24) is 5.32 Å². The van der Waals surface area contributed by atoms with Crippen molar-refractivity contribution in [1.29, 1.82) is 0 Å². The summed E-state index contributed by atoms with van der Waals surface area (Å²) < 4.78 is 0. The van der Waals surface area contributed by atoms with Crippen molar-refractivity contribution in [3.05, 3.63) is 0 Å². The molecule has 0 bridgehead atoms. The molecule has 0 unspecified atom stereocenters. The van der Waals surface area contributed by atoms with Crippen LogP contribution in [0.2, 0.25) is 0 Å². The van der Waals surface area contributed by atoms with Crippen LogP contribution in [0.5, 0.6) is 0 Å².